The molecule has 0 aliphatic rings. The number of carbonyl (C=O) groups excluding carboxylic acids is 1. The minimum Gasteiger partial charge on any atom is -0.481 e. The second kappa shape index (κ2) is 3.55. The topological polar surface area (TPSA) is 91.7 Å². The van der Waals surface area contributed by atoms with E-state index in [0.717, 1.165) is 0 Å². The van der Waals surface area contributed by atoms with Gasteiger partial charge in [0.15, 0.2) is 5.92 Å². The van der Waals surface area contributed by atoms with Crippen molar-refractivity contribution >= 4 is 17.7 Å². The van der Waals surface area contributed by atoms with E-state index in [4.69, 9.17) is 10.2 Å². The van der Waals surface area contributed by atoms with Crippen LogP contribution in [0.3, 0.4) is 0 Å². The van der Waals surface area contributed by atoms with Gasteiger partial charge >= 0.3 is 11.9 Å². The number of carboxylic acids is 2. The van der Waals surface area contributed by atoms with Crippen LogP contribution in [0, 0.1) is 11.3 Å². The molecule has 0 aliphatic heterocycles. The van der Waals surface area contributed by atoms with E-state index in [0.29, 0.717) is 0 Å². The molecule has 0 radical (unpaired) electrons. The van der Waals surface area contributed by atoms with E-state index in [2.05, 4.69) is 0 Å². The molecule has 0 amide bonds. The van der Waals surface area contributed by atoms with Crippen LogP contribution in [0.2, 0.25) is 0 Å². The summed E-state index contributed by atoms with van der Waals surface area (Å²) >= 11 is 0. The largest absolute Gasteiger partial charge is 0.481 e. The second-order valence-corrected chi connectivity index (χ2v) is 3.39. The summed E-state index contributed by atoms with van der Waals surface area (Å²) in [6.45, 7) is 3.80. The first-order chi connectivity index (χ1) is 5.71. The Bertz CT molecular complexity index is 239. The molecule has 5 heteroatoms. The van der Waals surface area contributed by atoms with Crippen LogP contribution in [0.1, 0.15) is 20.8 Å². The third-order valence-corrected chi connectivity index (χ3v) is 2.12. The summed E-state index contributed by atoms with van der Waals surface area (Å²) in [6, 6.07) is 0. The fourth-order valence-electron chi connectivity index (χ4n) is 0.926. The lowest BCUT2D eigenvalue weighted by molar-refractivity contribution is -0.163. The number of hydrogen-bond donors (Lipinski definition) is 2. The van der Waals surface area contributed by atoms with Crippen LogP contribution in [-0.2, 0) is 14.4 Å². The highest BCUT2D eigenvalue weighted by molar-refractivity contribution is 6.00. The number of rotatable bonds is 4. The van der Waals surface area contributed by atoms with E-state index < -0.39 is 29.1 Å². The summed E-state index contributed by atoms with van der Waals surface area (Å²) in [5, 5.41) is 17.2. The molecule has 0 aromatic carbocycles. The lowest BCUT2D eigenvalue weighted by Gasteiger charge is -2.25. The molecule has 74 valence electrons. The van der Waals surface area contributed by atoms with Gasteiger partial charge in [0.1, 0.15) is 5.78 Å². The van der Waals surface area contributed by atoms with Gasteiger partial charge in [-0.25, -0.2) is 0 Å². The van der Waals surface area contributed by atoms with Gasteiger partial charge in [-0.1, -0.05) is 13.8 Å². The third-order valence-electron chi connectivity index (χ3n) is 2.12. The normalized spacial score (nSPS) is 11.4. The Balaban J connectivity index is 5.06. The smallest absolute Gasteiger partial charge is 0.318 e. The van der Waals surface area contributed by atoms with Crippen molar-refractivity contribution in [1.82, 2.24) is 0 Å². The fraction of sp³-hybridized carbons (Fsp3) is 0.625. The van der Waals surface area contributed by atoms with Gasteiger partial charge in [0.2, 0.25) is 0 Å². The van der Waals surface area contributed by atoms with Crippen LogP contribution in [0.25, 0.3) is 0 Å². The molecule has 0 aliphatic carbocycles. The van der Waals surface area contributed by atoms with Gasteiger partial charge in [-0.3, -0.25) is 14.4 Å². The minimum absolute atomic E-state index is 0.456. The highest BCUT2D eigenvalue weighted by atomic mass is 16.4. The van der Waals surface area contributed by atoms with Crippen LogP contribution in [-0.4, -0.2) is 27.9 Å². The predicted molar refractivity (Wildman–Crippen MR) is 43.2 cm³/mol. The maximum absolute atomic E-state index is 11.0. The molecule has 13 heavy (non-hydrogen) atoms. The Morgan fingerprint density at radius 2 is 1.38 bits per heavy atom. The first-order valence-electron chi connectivity index (χ1n) is 3.68. The highest BCUT2D eigenvalue weighted by Crippen LogP contribution is 2.28. The molecule has 0 heterocycles. The van der Waals surface area contributed by atoms with E-state index >= 15 is 0 Å². The molecule has 0 aromatic rings. The van der Waals surface area contributed by atoms with Crippen molar-refractivity contribution in [2.45, 2.75) is 20.8 Å². The fourth-order valence-corrected chi connectivity index (χ4v) is 0.926. The Morgan fingerprint density at radius 3 is 1.46 bits per heavy atom. The zero-order valence-electron chi connectivity index (χ0n) is 7.70. The molecule has 0 fully saturated rings. The minimum atomic E-state index is -1.69. The number of ketones is 1. The Hall–Kier alpha value is -1.39. The van der Waals surface area contributed by atoms with Gasteiger partial charge in [-0.05, 0) is 6.92 Å². The number of carboxylic acid groups (broad SMARTS) is 2. The molecule has 0 aromatic heterocycles. The Kier molecular flexibility index (Phi) is 3.17. The molecule has 0 saturated heterocycles. The number of Topliss-reactive ketones (excluding diaryl/α,β-unsaturated/α-hetero) is 1. The predicted octanol–water partition coefficient (Wildman–Crippen LogP) is 0.387. The lowest BCUT2D eigenvalue weighted by atomic mass is 9.76. The average Bonchev–Trinajstić information content (AvgIpc) is 1.82. The van der Waals surface area contributed by atoms with Crippen molar-refractivity contribution in [3.8, 4) is 0 Å². The SMILES string of the molecule is CC(=O)C(C)(C)C(C(=O)O)C(=O)O. The zero-order chi connectivity index (χ0) is 10.8. The van der Waals surface area contributed by atoms with Crippen LogP contribution in [0.4, 0.5) is 0 Å². The van der Waals surface area contributed by atoms with Crippen molar-refractivity contribution in [2.75, 3.05) is 0 Å². The van der Waals surface area contributed by atoms with Crippen molar-refractivity contribution in [3.05, 3.63) is 0 Å². The van der Waals surface area contributed by atoms with Crippen LogP contribution in [0.15, 0.2) is 0 Å². The van der Waals surface area contributed by atoms with E-state index in [9.17, 15) is 14.4 Å². The summed E-state index contributed by atoms with van der Waals surface area (Å²) in [4.78, 5) is 32.1. The summed E-state index contributed by atoms with van der Waals surface area (Å²) in [5.41, 5.74) is -1.38. The highest BCUT2D eigenvalue weighted by Gasteiger charge is 2.44. The van der Waals surface area contributed by atoms with Gasteiger partial charge < -0.3 is 10.2 Å². The summed E-state index contributed by atoms with van der Waals surface area (Å²) in [6.07, 6.45) is 0. The molecule has 0 atom stereocenters. The van der Waals surface area contributed by atoms with E-state index in [1.807, 2.05) is 0 Å². The van der Waals surface area contributed by atoms with Crippen LogP contribution in [0.5, 0.6) is 0 Å². The summed E-state index contributed by atoms with van der Waals surface area (Å²) in [7, 11) is 0. The van der Waals surface area contributed by atoms with Crippen LogP contribution < -0.4 is 0 Å². The van der Waals surface area contributed by atoms with Gasteiger partial charge in [0.05, 0.1) is 0 Å². The molecular formula is C8H12O5. The van der Waals surface area contributed by atoms with E-state index in [1.165, 1.54) is 20.8 Å². The molecule has 5 nitrogen and oxygen atoms in total. The number of hydrogen-bond acceptors (Lipinski definition) is 3. The molecule has 0 saturated carbocycles. The first-order valence-corrected chi connectivity index (χ1v) is 3.68. The molecular weight excluding hydrogens is 176 g/mol. The van der Waals surface area contributed by atoms with Gasteiger partial charge in [0.25, 0.3) is 0 Å². The monoisotopic (exact) mass is 188 g/mol. The Morgan fingerprint density at radius 1 is 1.08 bits per heavy atom. The zero-order valence-corrected chi connectivity index (χ0v) is 7.70. The summed E-state index contributed by atoms with van der Waals surface area (Å²) < 4.78 is 0. The maximum Gasteiger partial charge on any atom is 0.318 e. The molecule has 0 unspecified atom stereocenters. The second-order valence-electron chi connectivity index (χ2n) is 3.39. The third kappa shape index (κ3) is 2.27. The lowest BCUT2D eigenvalue weighted by Crippen LogP contribution is -2.41. The van der Waals surface area contributed by atoms with Gasteiger partial charge in [-0.2, -0.15) is 0 Å². The molecule has 0 rings (SSSR count). The van der Waals surface area contributed by atoms with Crippen LogP contribution >= 0.6 is 0 Å². The molecule has 2 N–H and O–H groups in total. The molecule has 0 spiro atoms. The Labute approximate surface area is 75.4 Å². The quantitative estimate of drug-likeness (QED) is 0.622. The summed E-state index contributed by atoms with van der Waals surface area (Å²) in [5.74, 6) is -5.13. The van der Waals surface area contributed by atoms with Crippen molar-refractivity contribution < 1.29 is 24.6 Å². The van der Waals surface area contributed by atoms with Gasteiger partial charge in [-0.15, -0.1) is 0 Å². The first kappa shape index (κ1) is 11.6. The number of aliphatic carboxylic acids is 2. The maximum atomic E-state index is 11.0. The van der Waals surface area contributed by atoms with Crippen molar-refractivity contribution in [3.63, 3.8) is 0 Å². The van der Waals surface area contributed by atoms with Crippen molar-refractivity contribution in [2.24, 2.45) is 11.3 Å². The van der Waals surface area contributed by atoms with E-state index in [1.54, 1.807) is 0 Å². The van der Waals surface area contributed by atoms with E-state index in [-0.39, 0.29) is 0 Å². The molecule has 0 bridgehead atoms. The van der Waals surface area contributed by atoms with Crippen molar-refractivity contribution in [1.29, 1.82) is 0 Å². The average molecular weight is 188 g/mol. The number of carbonyl (C=O) groups is 3. The standard InChI is InChI=1S/C8H12O5/c1-4(9)8(2,3)5(6(10)11)7(12)13/h5H,1-3H3,(H,10,11)(H,12,13). The van der Waals surface area contributed by atoms with Gasteiger partial charge in [0, 0.05) is 5.41 Å².